The van der Waals surface area contributed by atoms with Crippen LogP contribution in [0, 0.1) is 0 Å². The lowest BCUT2D eigenvalue weighted by Gasteiger charge is -2.09. The molecule has 0 aliphatic heterocycles. The second-order valence-electron chi connectivity index (χ2n) is 4.16. The van der Waals surface area contributed by atoms with Crippen molar-refractivity contribution in [3.05, 3.63) is 45.9 Å². The van der Waals surface area contributed by atoms with Crippen molar-refractivity contribution < 1.29 is 27.4 Å². The molecule has 0 N–H and O–H groups in total. The van der Waals surface area contributed by atoms with E-state index in [-0.39, 0.29) is 24.7 Å². The average molecular weight is 331 g/mol. The molecule has 0 spiro atoms. The van der Waals surface area contributed by atoms with Gasteiger partial charge in [-0.05, 0) is 25.1 Å². The summed E-state index contributed by atoms with van der Waals surface area (Å²) in [6, 6.07) is 4.58. The van der Waals surface area contributed by atoms with Gasteiger partial charge in [-0.15, -0.1) is 11.3 Å². The highest BCUT2D eigenvalue weighted by molar-refractivity contribution is 7.09. The highest BCUT2D eigenvalue weighted by atomic mass is 32.1. The minimum atomic E-state index is -4.42. The van der Waals surface area contributed by atoms with Crippen LogP contribution < -0.4 is 4.74 Å². The number of thiazole rings is 1. The third kappa shape index (κ3) is 4.20. The Morgan fingerprint density at radius 1 is 1.36 bits per heavy atom. The predicted octanol–water partition coefficient (Wildman–Crippen LogP) is 3.92. The van der Waals surface area contributed by atoms with Gasteiger partial charge < -0.3 is 9.47 Å². The fraction of sp³-hybridized carbons (Fsp3) is 0.286. The second-order valence-corrected chi connectivity index (χ2v) is 5.10. The summed E-state index contributed by atoms with van der Waals surface area (Å²) in [5, 5.41) is 1.99. The molecule has 0 unspecified atom stereocenters. The molecule has 0 aliphatic carbocycles. The van der Waals surface area contributed by atoms with Crippen LogP contribution in [-0.4, -0.2) is 17.6 Å². The van der Waals surface area contributed by atoms with Gasteiger partial charge in [-0.3, -0.25) is 0 Å². The number of hydrogen-bond donors (Lipinski definition) is 0. The topological polar surface area (TPSA) is 48.4 Å². The lowest BCUT2D eigenvalue weighted by atomic mass is 10.2. The van der Waals surface area contributed by atoms with Gasteiger partial charge >= 0.3 is 12.1 Å². The smallest absolute Gasteiger partial charge is 0.416 e. The van der Waals surface area contributed by atoms with Gasteiger partial charge in [0.05, 0.1) is 12.2 Å². The minimum Gasteiger partial charge on any atom is -0.486 e. The van der Waals surface area contributed by atoms with Crippen molar-refractivity contribution in [1.29, 1.82) is 0 Å². The molecule has 4 nitrogen and oxygen atoms in total. The van der Waals surface area contributed by atoms with Crippen LogP contribution in [0.2, 0.25) is 0 Å². The minimum absolute atomic E-state index is 0.0224. The van der Waals surface area contributed by atoms with Crippen molar-refractivity contribution in [2.75, 3.05) is 6.61 Å². The normalized spacial score (nSPS) is 11.3. The number of alkyl halides is 3. The zero-order chi connectivity index (χ0) is 16.2. The Morgan fingerprint density at radius 3 is 2.82 bits per heavy atom. The predicted molar refractivity (Wildman–Crippen MR) is 73.8 cm³/mol. The Labute approximate surface area is 128 Å². The van der Waals surface area contributed by atoms with E-state index < -0.39 is 17.7 Å². The molecule has 2 aromatic rings. The van der Waals surface area contributed by atoms with Crippen LogP contribution in [-0.2, 0) is 17.5 Å². The summed E-state index contributed by atoms with van der Waals surface area (Å²) in [7, 11) is 0. The van der Waals surface area contributed by atoms with Crippen LogP contribution in [0.1, 0.15) is 28.0 Å². The number of esters is 1. The van der Waals surface area contributed by atoms with Crippen LogP contribution in [0.25, 0.3) is 0 Å². The molecule has 118 valence electrons. The number of carbonyl (C=O) groups excluding carboxylic acids is 1. The van der Waals surface area contributed by atoms with Crippen molar-refractivity contribution in [2.24, 2.45) is 0 Å². The molecule has 0 saturated carbocycles. The Kier molecular flexibility index (Phi) is 5.02. The van der Waals surface area contributed by atoms with Gasteiger partial charge in [0.2, 0.25) is 0 Å². The van der Waals surface area contributed by atoms with Crippen LogP contribution >= 0.6 is 11.3 Å². The Hall–Kier alpha value is -2.09. The van der Waals surface area contributed by atoms with Crippen LogP contribution in [0.15, 0.2) is 29.6 Å². The first kappa shape index (κ1) is 16.3. The molecule has 1 aromatic heterocycles. The van der Waals surface area contributed by atoms with Crippen molar-refractivity contribution in [1.82, 2.24) is 4.98 Å². The number of hydrogen-bond acceptors (Lipinski definition) is 5. The largest absolute Gasteiger partial charge is 0.486 e. The van der Waals surface area contributed by atoms with E-state index in [2.05, 4.69) is 4.98 Å². The van der Waals surface area contributed by atoms with E-state index in [1.807, 2.05) is 0 Å². The molecule has 0 saturated heterocycles. The molecule has 0 amide bonds. The van der Waals surface area contributed by atoms with Gasteiger partial charge in [-0.1, -0.05) is 6.07 Å². The second kappa shape index (κ2) is 6.78. The molecule has 2 rings (SSSR count). The van der Waals surface area contributed by atoms with Crippen LogP contribution in [0.4, 0.5) is 13.2 Å². The van der Waals surface area contributed by atoms with Gasteiger partial charge in [-0.25, -0.2) is 9.78 Å². The molecule has 0 fully saturated rings. The maximum absolute atomic E-state index is 12.6. The summed E-state index contributed by atoms with van der Waals surface area (Å²) < 4.78 is 47.8. The highest BCUT2D eigenvalue weighted by Gasteiger charge is 2.30. The lowest BCUT2D eigenvalue weighted by molar-refractivity contribution is -0.137. The third-order valence-electron chi connectivity index (χ3n) is 2.56. The fourth-order valence-corrected chi connectivity index (χ4v) is 2.26. The Balaban J connectivity index is 2.00. The zero-order valence-corrected chi connectivity index (χ0v) is 12.3. The molecule has 1 aromatic carbocycles. The molecule has 0 radical (unpaired) electrons. The molecule has 8 heteroatoms. The standard InChI is InChI=1S/C14H12F3NO3S/c1-2-20-13(19)11-8-22-12(18-11)7-21-10-5-3-4-9(6-10)14(15,16)17/h3-6,8H,2,7H2,1H3. The molecular weight excluding hydrogens is 319 g/mol. The van der Waals surface area contributed by atoms with E-state index in [4.69, 9.17) is 9.47 Å². The third-order valence-corrected chi connectivity index (χ3v) is 3.38. The maximum atomic E-state index is 12.6. The van der Waals surface area contributed by atoms with Gasteiger partial charge in [0.1, 0.15) is 17.4 Å². The SMILES string of the molecule is CCOC(=O)c1csc(COc2cccc(C(F)(F)F)c2)n1. The number of carbonyl (C=O) groups is 1. The molecule has 0 aliphatic rings. The summed E-state index contributed by atoms with van der Waals surface area (Å²) in [4.78, 5) is 15.5. The summed E-state index contributed by atoms with van der Waals surface area (Å²) in [5.74, 6) is -0.452. The fourth-order valence-electron chi connectivity index (χ4n) is 1.58. The number of benzene rings is 1. The summed E-state index contributed by atoms with van der Waals surface area (Å²) in [6.45, 7) is 1.90. The van der Waals surface area contributed by atoms with Gasteiger partial charge in [0, 0.05) is 5.38 Å². The first-order valence-electron chi connectivity index (χ1n) is 6.31. The van der Waals surface area contributed by atoms with Gasteiger partial charge in [0.15, 0.2) is 5.69 Å². The molecule has 22 heavy (non-hydrogen) atoms. The van der Waals surface area contributed by atoms with Crippen LogP contribution in [0.3, 0.4) is 0 Å². The monoisotopic (exact) mass is 331 g/mol. The van der Waals surface area contributed by atoms with E-state index in [0.29, 0.717) is 5.01 Å². The summed E-state index contributed by atoms with van der Waals surface area (Å²) in [6.07, 6.45) is -4.42. The number of rotatable bonds is 5. The Bertz CT molecular complexity index is 655. The average Bonchev–Trinajstić information content (AvgIpc) is 2.94. The van der Waals surface area contributed by atoms with Crippen LogP contribution in [0.5, 0.6) is 5.75 Å². The first-order valence-corrected chi connectivity index (χ1v) is 7.19. The Morgan fingerprint density at radius 2 is 2.14 bits per heavy atom. The molecule has 0 atom stereocenters. The quantitative estimate of drug-likeness (QED) is 0.779. The van der Waals surface area contributed by atoms with Crippen molar-refractivity contribution in [2.45, 2.75) is 19.7 Å². The number of aromatic nitrogens is 1. The van der Waals surface area contributed by atoms with E-state index in [1.54, 1.807) is 6.92 Å². The van der Waals surface area contributed by atoms with Crippen molar-refractivity contribution in [3.8, 4) is 5.75 Å². The zero-order valence-electron chi connectivity index (χ0n) is 11.5. The van der Waals surface area contributed by atoms with Crippen molar-refractivity contribution >= 4 is 17.3 Å². The maximum Gasteiger partial charge on any atom is 0.416 e. The van der Waals surface area contributed by atoms with Crippen molar-refractivity contribution in [3.63, 3.8) is 0 Å². The molecule has 0 bridgehead atoms. The number of nitrogens with zero attached hydrogens (tertiary/aromatic N) is 1. The highest BCUT2D eigenvalue weighted by Crippen LogP contribution is 2.31. The van der Waals surface area contributed by atoms with Gasteiger partial charge in [0.25, 0.3) is 0 Å². The number of halogens is 3. The lowest BCUT2D eigenvalue weighted by Crippen LogP contribution is -2.06. The van der Waals surface area contributed by atoms with E-state index in [1.165, 1.54) is 28.8 Å². The van der Waals surface area contributed by atoms with Gasteiger partial charge in [-0.2, -0.15) is 13.2 Å². The van der Waals surface area contributed by atoms with E-state index in [9.17, 15) is 18.0 Å². The molecule has 1 heterocycles. The summed E-state index contributed by atoms with van der Waals surface area (Å²) >= 11 is 1.17. The molecular formula is C14H12F3NO3S. The van der Waals surface area contributed by atoms with E-state index in [0.717, 1.165) is 12.1 Å². The van der Waals surface area contributed by atoms with E-state index >= 15 is 0 Å². The summed E-state index contributed by atoms with van der Waals surface area (Å²) in [5.41, 5.74) is -0.620. The first-order chi connectivity index (χ1) is 10.4. The number of ether oxygens (including phenoxy) is 2.